The Morgan fingerprint density at radius 3 is 2.32 bits per heavy atom. The van der Waals surface area contributed by atoms with Gasteiger partial charge in [0.05, 0.1) is 0 Å². The highest BCUT2D eigenvalue weighted by Gasteiger charge is 2.46. The quantitative estimate of drug-likeness (QED) is 0.215. The molecule has 0 fully saturated rings. The van der Waals surface area contributed by atoms with Crippen LogP contribution in [0.3, 0.4) is 0 Å². The molecule has 1 rings (SSSR count). The Morgan fingerprint density at radius 2 is 1.79 bits per heavy atom. The first-order chi connectivity index (χ1) is 8.52. The predicted octanol–water partition coefficient (Wildman–Crippen LogP) is -2.89. The van der Waals surface area contributed by atoms with E-state index in [1.165, 1.54) is 0 Å². The number of rotatable bonds is 3. The van der Waals surface area contributed by atoms with Crippen molar-refractivity contribution >= 4 is 30.7 Å². The topological polar surface area (TPSA) is 166 Å². The Labute approximate surface area is 112 Å². The van der Waals surface area contributed by atoms with Gasteiger partial charge in [-0.05, 0) is 17.8 Å². The van der Waals surface area contributed by atoms with Crippen LogP contribution in [0.15, 0.2) is 21.9 Å². The summed E-state index contributed by atoms with van der Waals surface area (Å²) in [6.07, 6.45) is -1.36. The highest BCUT2D eigenvalue weighted by Crippen LogP contribution is 2.30. The molecule has 106 valence electrons. The summed E-state index contributed by atoms with van der Waals surface area (Å²) in [6, 6.07) is 0. The third-order valence-electron chi connectivity index (χ3n) is 2.02. The first-order valence-corrected chi connectivity index (χ1v) is 5.85. The largest absolute Gasteiger partial charge is 0.496 e. The average Bonchev–Trinajstić information content (AvgIpc) is 2.37. The first-order valence-electron chi connectivity index (χ1n) is 5.03. The normalized spacial score (nSPS) is 19.1. The van der Waals surface area contributed by atoms with Crippen LogP contribution in [-0.2, 0) is 0 Å². The molecule has 0 spiro atoms. The lowest BCUT2D eigenvalue weighted by Gasteiger charge is -2.32. The van der Waals surface area contributed by atoms with Crippen molar-refractivity contribution in [2.75, 3.05) is 0 Å². The van der Waals surface area contributed by atoms with Gasteiger partial charge in [-0.3, -0.25) is 0 Å². The second kappa shape index (κ2) is 5.49. The number of aliphatic hydroxyl groups excluding tert-OH is 3. The molecule has 0 aromatic rings. The summed E-state index contributed by atoms with van der Waals surface area (Å²) in [4.78, 5) is 6.89. The van der Waals surface area contributed by atoms with Gasteiger partial charge in [0.15, 0.2) is 30.7 Å². The Morgan fingerprint density at radius 1 is 1.21 bits per heavy atom. The molecule has 1 unspecified atom stereocenters. The van der Waals surface area contributed by atoms with Crippen LogP contribution < -0.4 is 0 Å². The van der Waals surface area contributed by atoms with E-state index < -0.39 is 33.9 Å². The van der Waals surface area contributed by atoms with Crippen molar-refractivity contribution in [3.63, 3.8) is 0 Å². The van der Waals surface area contributed by atoms with Gasteiger partial charge < -0.3 is 35.7 Å². The van der Waals surface area contributed by atoms with Crippen molar-refractivity contribution < 1.29 is 35.7 Å². The molecular formula is C8H13BN2O7S. The number of nitrogens with zero attached hydrogens (tertiary/aromatic N) is 2. The zero-order valence-corrected chi connectivity index (χ0v) is 10.6. The zero-order valence-electron chi connectivity index (χ0n) is 9.79. The number of aliphatic hydroxyl groups is 7. The third kappa shape index (κ3) is 4.49. The van der Waals surface area contributed by atoms with Gasteiger partial charge >= 0.3 is 0 Å². The van der Waals surface area contributed by atoms with Crippen LogP contribution in [0.1, 0.15) is 6.42 Å². The Balaban J connectivity index is 2.94. The van der Waals surface area contributed by atoms with Crippen LogP contribution in [0, 0.1) is 0 Å². The molecule has 1 atom stereocenters. The number of hydrogen-bond donors (Lipinski definition) is 7. The molecule has 1 heterocycles. The summed E-state index contributed by atoms with van der Waals surface area (Å²) in [5.74, 6) is -0.965. The van der Waals surface area contributed by atoms with Crippen LogP contribution in [0.2, 0.25) is 0 Å². The minimum Gasteiger partial charge on any atom is -0.496 e. The Bertz CT molecular complexity index is 443. The number of thioether (sulfide) groups is 1. The lowest BCUT2D eigenvalue weighted by molar-refractivity contribution is -0.250. The molecule has 0 saturated carbocycles. The van der Waals surface area contributed by atoms with E-state index in [0.717, 1.165) is 13.9 Å². The molecule has 0 aliphatic carbocycles. The van der Waals surface area contributed by atoms with Crippen LogP contribution in [0.4, 0.5) is 0 Å². The second-order valence-electron chi connectivity index (χ2n) is 3.95. The minimum atomic E-state index is -3.05. The highest BCUT2D eigenvalue weighted by atomic mass is 32.2. The molecule has 0 radical (unpaired) electrons. The van der Waals surface area contributed by atoms with E-state index in [1.54, 1.807) is 0 Å². The summed E-state index contributed by atoms with van der Waals surface area (Å²) in [7, 11) is 0.742. The Kier molecular flexibility index (Phi) is 4.61. The fourth-order valence-electron chi connectivity index (χ4n) is 1.10. The molecule has 1 aliphatic rings. The zero-order chi connectivity index (χ0) is 14.8. The predicted molar refractivity (Wildman–Crippen MR) is 69.3 cm³/mol. The summed E-state index contributed by atoms with van der Waals surface area (Å²) in [6.45, 7) is 0. The second-order valence-corrected chi connectivity index (χ2v) is 5.12. The molecule has 0 bridgehead atoms. The molecule has 19 heavy (non-hydrogen) atoms. The summed E-state index contributed by atoms with van der Waals surface area (Å²) in [5.41, 5.74) is -2.79. The van der Waals surface area contributed by atoms with E-state index in [0.29, 0.717) is 0 Å². The first kappa shape index (κ1) is 16.0. The van der Waals surface area contributed by atoms with Crippen LogP contribution in [-0.4, -0.2) is 71.6 Å². The van der Waals surface area contributed by atoms with Gasteiger partial charge in [0.1, 0.15) is 0 Å². The van der Waals surface area contributed by atoms with E-state index in [9.17, 15) is 25.5 Å². The maximum absolute atomic E-state index is 9.55. The SMILES string of the molecule is BC(O)(O)C(O)C(O)(O)SC1=NC(O)=CCC(O)=N1. The molecule has 7 N–H and O–H groups in total. The fraction of sp³-hybridized carbons (Fsp3) is 0.500. The van der Waals surface area contributed by atoms with Crippen molar-refractivity contribution in [3.05, 3.63) is 12.0 Å². The van der Waals surface area contributed by atoms with Crippen LogP contribution in [0.5, 0.6) is 0 Å². The maximum Gasteiger partial charge on any atom is 0.252 e. The lowest BCUT2D eigenvalue weighted by Crippen LogP contribution is -2.56. The minimum absolute atomic E-state index is 0.0214. The standard InChI is InChI=1S/C8H13BN2O7S/c9-7(15,16)5(14)8(17,18)19-6-10-3(12)1-2-4(13)11-6/h1,5,12,14-18H,2,9H2,(H,10,11,13). The van der Waals surface area contributed by atoms with E-state index >= 15 is 0 Å². The van der Waals surface area contributed by atoms with Crippen molar-refractivity contribution in [2.45, 2.75) is 23.3 Å². The number of amidine groups is 1. The molecule has 0 aromatic carbocycles. The van der Waals surface area contributed by atoms with E-state index in [2.05, 4.69) is 9.98 Å². The van der Waals surface area contributed by atoms with Crippen molar-refractivity contribution in [2.24, 2.45) is 9.98 Å². The highest BCUT2D eigenvalue weighted by molar-refractivity contribution is 8.14. The van der Waals surface area contributed by atoms with Crippen LogP contribution in [0.25, 0.3) is 0 Å². The van der Waals surface area contributed by atoms with Crippen molar-refractivity contribution in [3.8, 4) is 0 Å². The van der Waals surface area contributed by atoms with Gasteiger partial charge in [-0.1, -0.05) is 0 Å². The van der Waals surface area contributed by atoms with Gasteiger partial charge in [0, 0.05) is 6.42 Å². The molecule has 11 heteroatoms. The smallest absolute Gasteiger partial charge is 0.252 e. The summed E-state index contributed by atoms with van der Waals surface area (Å²) in [5, 5.41) is 61.6. The molecular weight excluding hydrogens is 279 g/mol. The fourth-order valence-corrected chi connectivity index (χ4v) is 1.99. The molecule has 0 amide bonds. The number of hydrogen-bond acceptors (Lipinski definition) is 9. The van der Waals surface area contributed by atoms with Gasteiger partial charge in [-0.25, -0.2) is 0 Å². The van der Waals surface area contributed by atoms with E-state index in [1.807, 2.05) is 0 Å². The van der Waals surface area contributed by atoms with Crippen molar-refractivity contribution in [1.29, 1.82) is 0 Å². The monoisotopic (exact) mass is 292 g/mol. The van der Waals surface area contributed by atoms with E-state index in [4.69, 9.17) is 10.2 Å². The molecule has 9 nitrogen and oxygen atoms in total. The van der Waals surface area contributed by atoms with Gasteiger partial charge in [0.2, 0.25) is 5.88 Å². The Hall–Kier alpha value is -1.11. The van der Waals surface area contributed by atoms with E-state index in [-0.39, 0.29) is 18.2 Å². The molecule has 1 aliphatic heterocycles. The summed E-state index contributed by atoms with van der Waals surface area (Å²) < 4.78 is 0. The summed E-state index contributed by atoms with van der Waals surface area (Å²) >= 11 is 0.0214. The molecule has 0 aromatic heterocycles. The van der Waals surface area contributed by atoms with Gasteiger partial charge in [-0.2, -0.15) is 9.98 Å². The molecule has 0 saturated heterocycles. The van der Waals surface area contributed by atoms with Crippen LogP contribution >= 0.6 is 11.8 Å². The van der Waals surface area contributed by atoms with Gasteiger partial charge in [0.25, 0.3) is 5.12 Å². The van der Waals surface area contributed by atoms with Crippen molar-refractivity contribution in [1.82, 2.24) is 0 Å². The lowest BCUT2D eigenvalue weighted by atomic mass is 9.89. The average molecular weight is 292 g/mol. The maximum atomic E-state index is 9.55. The third-order valence-corrected chi connectivity index (χ3v) is 2.91. The number of aliphatic imine (C=N–C) groups is 2. The van der Waals surface area contributed by atoms with Gasteiger partial charge in [-0.15, -0.1) is 0 Å².